The third-order valence-corrected chi connectivity index (χ3v) is 10.8. The van der Waals surface area contributed by atoms with Crippen LogP contribution in [0, 0.1) is 23.7 Å². The summed E-state index contributed by atoms with van der Waals surface area (Å²) in [6.07, 6.45) is 55.9. The largest absolute Gasteiger partial charge is 0.293 e. The molecule has 0 aromatic rings. The lowest BCUT2D eigenvalue weighted by atomic mass is 9.90. The van der Waals surface area contributed by atoms with Crippen LogP contribution in [0.3, 0.4) is 0 Å². The van der Waals surface area contributed by atoms with Gasteiger partial charge in [0.25, 0.3) is 0 Å². The average Bonchev–Trinajstić information content (AvgIpc) is 3.12. The minimum atomic E-state index is 0.539. The number of nitrogens with zero attached hydrogens (tertiary/aromatic N) is 1. The van der Waals surface area contributed by atoms with Crippen molar-refractivity contribution in [3.63, 3.8) is 0 Å². The number of allylic oxidation sites excluding steroid dienone is 14. The standard InChI is InChI=1S/C43H65N/c1-4-37(5-2)35-44(42-25-12-7-6-8-13-26-42)43-33-31-41(32-34-43)24-16-23-38-19-10-9-11-20-40(29-27-38)30-28-39-21-14-17-36(3)18-15-22-39/h6-7,10,14,16,19-21,23,28,30-33,36-39,42-43H,4-5,8-9,11-13,15,17-18,22,24-27,29,34-35H2,1-3H3. The van der Waals surface area contributed by atoms with Gasteiger partial charge in [0.15, 0.2) is 0 Å². The second-order valence-electron chi connectivity index (χ2n) is 14.3. The molecule has 0 saturated carbocycles. The molecule has 0 radical (unpaired) electrons. The maximum absolute atomic E-state index is 2.91. The minimum Gasteiger partial charge on any atom is -0.293 e. The SMILES string of the molecule is CCC(CC)CN(C1C=CC(CC=CC2C=CCCC=C(C=CC3C=CCC(C)CCC3)CC2)=CC1)C1CCC=CCCC1. The first-order valence-electron chi connectivity index (χ1n) is 18.8. The smallest absolute Gasteiger partial charge is 0.0319 e. The second kappa shape index (κ2) is 20.1. The molecule has 0 amide bonds. The molecule has 0 fully saturated rings. The zero-order valence-electron chi connectivity index (χ0n) is 28.7. The van der Waals surface area contributed by atoms with E-state index in [-0.39, 0.29) is 0 Å². The van der Waals surface area contributed by atoms with Gasteiger partial charge in [-0.05, 0) is 113 Å². The van der Waals surface area contributed by atoms with Crippen molar-refractivity contribution < 1.29 is 0 Å². The van der Waals surface area contributed by atoms with E-state index in [1.807, 2.05) is 0 Å². The highest BCUT2D eigenvalue weighted by Crippen LogP contribution is 2.29. The van der Waals surface area contributed by atoms with Gasteiger partial charge in [0.1, 0.15) is 0 Å². The Morgan fingerprint density at radius 3 is 2.45 bits per heavy atom. The summed E-state index contributed by atoms with van der Waals surface area (Å²) < 4.78 is 0. The van der Waals surface area contributed by atoms with Gasteiger partial charge in [-0.1, -0.05) is 137 Å². The van der Waals surface area contributed by atoms with E-state index in [9.17, 15) is 0 Å². The lowest BCUT2D eigenvalue weighted by Crippen LogP contribution is -2.45. The van der Waals surface area contributed by atoms with Crippen molar-refractivity contribution in [3.8, 4) is 0 Å². The van der Waals surface area contributed by atoms with Gasteiger partial charge in [0, 0.05) is 18.6 Å². The van der Waals surface area contributed by atoms with Crippen LogP contribution >= 0.6 is 0 Å². The number of hydrogen-bond donors (Lipinski definition) is 0. The monoisotopic (exact) mass is 596 g/mol. The van der Waals surface area contributed by atoms with Crippen molar-refractivity contribution in [1.29, 1.82) is 0 Å². The van der Waals surface area contributed by atoms with Crippen LogP contribution in [-0.2, 0) is 0 Å². The number of hydrogen-bond acceptors (Lipinski definition) is 1. The molecule has 0 aliphatic heterocycles. The summed E-state index contributed by atoms with van der Waals surface area (Å²) in [6, 6.07) is 1.29. The van der Waals surface area contributed by atoms with Crippen LogP contribution < -0.4 is 0 Å². The second-order valence-corrected chi connectivity index (χ2v) is 14.3. The van der Waals surface area contributed by atoms with Gasteiger partial charge in [0.05, 0.1) is 0 Å². The molecule has 5 unspecified atom stereocenters. The summed E-state index contributed by atoms with van der Waals surface area (Å²) >= 11 is 0. The van der Waals surface area contributed by atoms with Gasteiger partial charge in [-0.2, -0.15) is 0 Å². The molecule has 44 heavy (non-hydrogen) atoms. The van der Waals surface area contributed by atoms with E-state index in [1.54, 1.807) is 0 Å². The minimum absolute atomic E-state index is 0.539. The normalized spacial score (nSPS) is 29.2. The quantitative estimate of drug-likeness (QED) is 0.215. The predicted octanol–water partition coefficient (Wildman–Crippen LogP) is 12.4. The van der Waals surface area contributed by atoms with Crippen LogP contribution in [0.5, 0.6) is 0 Å². The zero-order chi connectivity index (χ0) is 30.8. The first kappa shape index (κ1) is 34.7. The van der Waals surface area contributed by atoms with E-state index in [4.69, 9.17) is 0 Å². The summed E-state index contributed by atoms with van der Waals surface area (Å²) in [7, 11) is 0. The Morgan fingerprint density at radius 2 is 1.61 bits per heavy atom. The van der Waals surface area contributed by atoms with Crippen LogP contribution in [0.25, 0.3) is 0 Å². The Labute approximate surface area is 272 Å². The van der Waals surface area contributed by atoms with Gasteiger partial charge in [0.2, 0.25) is 0 Å². The lowest BCUT2D eigenvalue weighted by Gasteiger charge is -2.40. The van der Waals surface area contributed by atoms with E-state index in [1.165, 1.54) is 108 Å². The van der Waals surface area contributed by atoms with Gasteiger partial charge < -0.3 is 0 Å². The molecule has 5 atom stereocenters. The van der Waals surface area contributed by atoms with Gasteiger partial charge in [-0.3, -0.25) is 4.90 Å². The summed E-state index contributed by atoms with van der Waals surface area (Å²) in [5.74, 6) is 2.81. The van der Waals surface area contributed by atoms with Gasteiger partial charge in [-0.15, -0.1) is 0 Å². The predicted molar refractivity (Wildman–Crippen MR) is 195 cm³/mol. The Hall–Kier alpha value is -2.12. The van der Waals surface area contributed by atoms with Crippen LogP contribution in [0.2, 0.25) is 0 Å². The average molecular weight is 596 g/mol. The van der Waals surface area contributed by atoms with Gasteiger partial charge >= 0.3 is 0 Å². The fourth-order valence-electron chi connectivity index (χ4n) is 7.59. The molecule has 0 N–H and O–H groups in total. The zero-order valence-corrected chi connectivity index (χ0v) is 28.7. The number of rotatable bonds is 11. The van der Waals surface area contributed by atoms with E-state index in [0.717, 1.165) is 37.1 Å². The molecule has 1 nitrogen and oxygen atoms in total. The summed E-state index contributed by atoms with van der Waals surface area (Å²) in [4.78, 5) is 2.91. The van der Waals surface area contributed by atoms with Crippen molar-refractivity contribution in [2.45, 2.75) is 142 Å². The van der Waals surface area contributed by atoms with Crippen molar-refractivity contribution in [1.82, 2.24) is 4.90 Å². The Kier molecular flexibility index (Phi) is 15.9. The molecule has 4 aliphatic rings. The molecule has 1 heteroatoms. The fraction of sp³-hybridized carbons (Fsp3) is 0.628. The molecule has 0 saturated heterocycles. The Balaban J connectivity index is 1.29. The summed E-state index contributed by atoms with van der Waals surface area (Å²) in [5, 5.41) is 0. The maximum Gasteiger partial charge on any atom is 0.0319 e. The Morgan fingerprint density at radius 1 is 0.773 bits per heavy atom. The molecule has 0 aromatic heterocycles. The van der Waals surface area contributed by atoms with Crippen molar-refractivity contribution in [2.75, 3.05) is 6.54 Å². The molecule has 0 bridgehead atoms. The highest BCUT2D eigenvalue weighted by Gasteiger charge is 2.27. The first-order chi connectivity index (χ1) is 21.6. The fourth-order valence-corrected chi connectivity index (χ4v) is 7.59. The van der Waals surface area contributed by atoms with Crippen LogP contribution in [0.4, 0.5) is 0 Å². The molecule has 0 aromatic carbocycles. The molecule has 4 rings (SSSR count). The van der Waals surface area contributed by atoms with Crippen LogP contribution in [0.15, 0.2) is 96.2 Å². The van der Waals surface area contributed by atoms with E-state index >= 15 is 0 Å². The van der Waals surface area contributed by atoms with Crippen molar-refractivity contribution in [3.05, 3.63) is 96.2 Å². The summed E-state index contributed by atoms with van der Waals surface area (Å²) in [6.45, 7) is 8.41. The van der Waals surface area contributed by atoms with Crippen molar-refractivity contribution in [2.24, 2.45) is 23.7 Å². The third kappa shape index (κ3) is 12.3. The lowest BCUT2D eigenvalue weighted by molar-refractivity contribution is 0.114. The molecule has 0 spiro atoms. The van der Waals surface area contributed by atoms with E-state index in [0.29, 0.717) is 17.9 Å². The highest BCUT2D eigenvalue weighted by molar-refractivity contribution is 5.28. The maximum atomic E-state index is 2.91. The molecule has 0 heterocycles. The molecular formula is C43H65N. The summed E-state index contributed by atoms with van der Waals surface area (Å²) in [5.41, 5.74) is 3.04. The van der Waals surface area contributed by atoms with Crippen molar-refractivity contribution >= 4 is 0 Å². The highest BCUT2D eigenvalue weighted by atomic mass is 15.2. The molecule has 4 aliphatic carbocycles. The van der Waals surface area contributed by atoms with E-state index in [2.05, 4.69) is 111 Å². The van der Waals surface area contributed by atoms with Crippen LogP contribution in [0.1, 0.15) is 130 Å². The topological polar surface area (TPSA) is 3.24 Å². The first-order valence-corrected chi connectivity index (χ1v) is 18.8. The van der Waals surface area contributed by atoms with Crippen LogP contribution in [-0.4, -0.2) is 23.5 Å². The third-order valence-electron chi connectivity index (χ3n) is 10.8. The molecular weight excluding hydrogens is 530 g/mol. The van der Waals surface area contributed by atoms with Gasteiger partial charge in [-0.25, -0.2) is 0 Å². The Bertz CT molecular complexity index is 1060. The molecule has 242 valence electrons. The van der Waals surface area contributed by atoms with E-state index < -0.39 is 0 Å².